The van der Waals surface area contributed by atoms with E-state index < -0.39 is 0 Å². The second-order valence-electron chi connectivity index (χ2n) is 6.54. The van der Waals surface area contributed by atoms with Gasteiger partial charge in [-0.05, 0) is 61.2 Å². The van der Waals surface area contributed by atoms with E-state index in [9.17, 15) is 13.6 Å². The lowest BCUT2D eigenvalue weighted by molar-refractivity contribution is -0.122. The average Bonchev–Trinajstić information content (AvgIpc) is 3.05. The van der Waals surface area contributed by atoms with Crippen LogP contribution < -0.4 is 5.32 Å². The fraction of sp³-hybridized carbons (Fsp3) is 0.350. The van der Waals surface area contributed by atoms with Gasteiger partial charge in [0.2, 0.25) is 5.91 Å². The minimum Gasteiger partial charge on any atom is -0.351 e. The summed E-state index contributed by atoms with van der Waals surface area (Å²) in [5, 5.41) is 2.85. The van der Waals surface area contributed by atoms with E-state index in [0.29, 0.717) is 12.1 Å². The van der Waals surface area contributed by atoms with Crippen molar-refractivity contribution < 1.29 is 13.6 Å². The molecule has 1 aliphatic heterocycles. The number of nitrogens with one attached hydrogen (secondary N) is 1. The van der Waals surface area contributed by atoms with E-state index in [2.05, 4.69) is 10.2 Å². The molecule has 1 amide bonds. The summed E-state index contributed by atoms with van der Waals surface area (Å²) in [7, 11) is 0. The number of hydrogen-bond donors (Lipinski definition) is 1. The zero-order valence-electron chi connectivity index (χ0n) is 14.3. The van der Waals surface area contributed by atoms with Gasteiger partial charge in [-0.1, -0.05) is 24.3 Å². The van der Waals surface area contributed by atoms with Crippen molar-refractivity contribution >= 4 is 5.91 Å². The molecule has 1 N–H and O–H groups in total. The summed E-state index contributed by atoms with van der Waals surface area (Å²) in [4.78, 5) is 14.4. The molecule has 0 radical (unpaired) electrons. The Kier molecular flexibility index (Phi) is 5.43. The first-order valence-electron chi connectivity index (χ1n) is 8.54. The maximum atomic E-state index is 13.6. The summed E-state index contributed by atoms with van der Waals surface area (Å²) < 4.78 is 26.6. The Labute approximate surface area is 146 Å². The SMILES string of the molecule is Cc1ccc(CNC(=O)CN2CCCC2c2ccc(F)cc2)cc1F. The van der Waals surface area contributed by atoms with Crippen LogP contribution in [0.1, 0.15) is 35.6 Å². The summed E-state index contributed by atoms with van der Waals surface area (Å²) in [6.45, 7) is 3.15. The number of likely N-dealkylation sites (tertiary alicyclic amines) is 1. The third kappa shape index (κ3) is 4.42. The molecule has 0 spiro atoms. The number of rotatable bonds is 5. The van der Waals surface area contributed by atoms with Crippen molar-refractivity contribution in [2.24, 2.45) is 0 Å². The predicted molar refractivity (Wildman–Crippen MR) is 92.9 cm³/mol. The average molecular weight is 344 g/mol. The van der Waals surface area contributed by atoms with Gasteiger partial charge in [0.15, 0.2) is 0 Å². The molecule has 3 nitrogen and oxygen atoms in total. The molecule has 0 aliphatic carbocycles. The molecule has 2 aromatic rings. The first-order valence-corrected chi connectivity index (χ1v) is 8.54. The van der Waals surface area contributed by atoms with Crippen LogP contribution in [0.25, 0.3) is 0 Å². The summed E-state index contributed by atoms with van der Waals surface area (Å²) >= 11 is 0. The van der Waals surface area contributed by atoms with Crippen LogP contribution in [0.3, 0.4) is 0 Å². The van der Waals surface area contributed by atoms with Crippen LogP contribution in [-0.2, 0) is 11.3 Å². The van der Waals surface area contributed by atoms with E-state index in [1.807, 2.05) is 6.07 Å². The van der Waals surface area contributed by atoms with Gasteiger partial charge in [0, 0.05) is 12.6 Å². The standard InChI is InChI=1S/C20H22F2N2O/c1-14-4-5-15(11-18(14)22)12-23-20(25)13-24-10-2-3-19(24)16-6-8-17(21)9-7-16/h4-9,11,19H,2-3,10,12-13H2,1H3,(H,23,25). The predicted octanol–water partition coefficient (Wildman–Crippen LogP) is 3.73. The van der Waals surface area contributed by atoms with Crippen molar-refractivity contribution in [3.63, 3.8) is 0 Å². The molecule has 1 atom stereocenters. The topological polar surface area (TPSA) is 32.3 Å². The summed E-state index contributed by atoms with van der Waals surface area (Å²) in [5.74, 6) is -0.603. The molecule has 3 rings (SSSR count). The van der Waals surface area contributed by atoms with Gasteiger partial charge in [0.05, 0.1) is 6.54 Å². The van der Waals surface area contributed by atoms with E-state index in [-0.39, 0.29) is 30.1 Å². The van der Waals surface area contributed by atoms with Gasteiger partial charge in [-0.3, -0.25) is 9.69 Å². The van der Waals surface area contributed by atoms with Crippen molar-refractivity contribution in [2.45, 2.75) is 32.4 Å². The largest absolute Gasteiger partial charge is 0.351 e. The van der Waals surface area contributed by atoms with Gasteiger partial charge in [-0.2, -0.15) is 0 Å². The number of carbonyl (C=O) groups excluding carboxylic acids is 1. The first kappa shape index (κ1) is 17.5. The summed E-state index contributed by atoms with van der Waals surface area (Å²) in [6, 6.07) is 11.6. The normalized spacial score (nSPS) is 17.6. The maximum Gasteiger partial charge on any atom is 0.234 e. The Morgan fingerprint density at radius 1 is 1.20 bits per heavy atom. The Hall–Kier alpha value is -2.27. The quantitative estimate of drug-likeness (QED) is 0.896. The summed E-state index contributed by atoms with van der Waals surface area (Å²) in [5.41, 5.74) is 2.37. The molecule has 1 unspecified atom stereocenters. The van der Waals surface area contributed by atoms with Gasteiger partial charge in [-0.25, -0.2) is 8.78 Å². The van der Waals surface area contributed by atoms with E-state index in [1.165, 1.54) is 18.2 Å². The lowest BCUT2D eigenvalue weighted by Crippen LogP contribution is -2.36. The van der Waals surface area contributed by atoms with Crippen LogP contribution >= 0.6 is 0 Å². The van der Waals surface area contributed by atoms with Crippen LogP contribution in [0, 0.1) is 18.6 Å². The monoisotopic (exact) mass is 344 g/mol. The van der Waals surface area contributed by atoms with Gasteiger partial charge in [0.25, 0.3) is 0 Å². The van der Waals surface area contributed by atoms with Crippen LogP contribution in [0.15, 0.2) is 42.5 Å². The Morgan fingerprint density at radius 3 is 2.68 bits per heavy atom. The third-order valence-electron chi connectivity index (χ3n) is 4.69. The molecule has 1 aliphatic rings. The van der Waals surface area contributed by atoms with Gasteiger partial charge in [0.1, 0.15) is 11.6 Å². The van der Waals surface area contributed by atoms with Crippen molar-refractivity contribution in [3.8, 4) is 0 Å². The highest BCUT2D eigenvalue weighted by molar-refractivity contribution is 5.78. The third-order valence-corrected chi connectivity index (χ3v) is 4.69. The Balaban J connectivity index is 1.56. The molecule has 2 aromatic carbocycles. The van der Waals surface area contributed by atoms with Gasteiger partial charge < -0.3 is 5.32 Å². The number of hydrogen-bond acceptors (Lipinski definition) is 2. The zero-order valence-corrected chi connectivity index (χ0v) is 14.3. The van der Waals surface area contributed by atoms with Crippen molar-refractivity contribution in [1.82, 2.24) is 10.2 Å². The van der Waals surface area contributed by atoms with Crippen molar-refractivity contribution in [3.05, 3.63) is 70.8 Å². The molecular weight excluding hydrogens is 322 g/mol. The molecule has 1 saturated heterocycles. The maximum absolute atomic E-state index is 13.6. The number of aryl methyl sites for hydroxylation is 1. The van der Waals surface area contributed by atoms with E-state index >= 15 is 0 Å². The Bertz CT molecular complexity index is 746. The highest BCUT2D eigenvalue weighted by Gasteiger charge is 2.27. The Morgan fingerprint density at radius 2 is 1.96 bits per heavy atom. The van der Waals surface area contributed by atoms with Crippen LogP contribution in [0.5, 0.6) is 0 Å². The molecule has 0 saturated carbocycles. The fourth-order valence-corrected chi connectivity index (χ4v) is 3.27. The number of carbonyl (C=O) groups is 1. The molecule has 25 heavy (non-hydrogen) atoms. The lowest BCUT2D eigenvalue weighted by Gasteiger charge is -2.24. The second kappa shape index (κ2) is 7.74. The number of amides is 1. The molecule has 132 valence electrons. The van der Waals surface area contributed by atoms with Crippen molar-refractivity contribution in [1.29, 1.82) is 0 Å². The minimum atomic E-state index is -0.261. The molecule has 0 bridgehead atoms. The van der Waals surface area contributed by atoms with Crippen LogP contribution in [0.4, 0.5) is 8.78 Å². The minimum absolute atomic E-state index is 0.0880. The number of benzene rings is 2. The van der Waals surface area contributed by atoms with E-state index in [4.69, 9.17) is 0 Å². The van der Waals surface area contributed by atoms with Crippen LogP contribution in [-0.4, -0.2) is 23.9 Å². The highest BCUT2D eigenvalue weighted by Crippen LogP contribution is 2.31. The molecule has 0 aromatic heterocycles. The lowest BCUT2D eigenvalue weighted by atomic mass is 10.0. The van der Waals surface area contributed by atoms with Gasteiger partial charge in [-0.15, -0.1) is 0 Å². The number of halogens is 2. The summed E-state index contributed by atoms with van der Waals surface area (Å²) in [6.07, 6.45) is 1.97. The molecule has 1 fully saturated rings. The van der Waals surface area contributed by atoms with Crippen LogP contribution in [0.2, 0.25) is 0 Å². The fourth-order valence-electron chi connectivity index (χ4n) is 3.27. The highest BCUT2D eigenvalue weighted by atomic mass is 19.1. The second-order valence-corrected chi connectivity index (χ2v) is 6.54. The molecule has 1 heterocycles. The first-order chi connectivity index (χ1) is 12.0. The zero-order chi connectivity index (χ0) is 17.8. The molecular formula is C20H22F2N2O. The molecule has 5 heteroatoms. The smallest absolute Gasteiger partial charge is 0.234 e. The van der Waals surface area contributed by atoms with Gasteiger partial charge >= 0.3 is 0 Å². The van der Waals surface area contributed by atoms with Crippen molar-refractivity contribution in [2.75, 3.05) is 13.1 Å². The number of nitrogens with zero attached hydrogens (tertiary/aromatic N) is 1. The van der Waals surface area contributed by atoms with E-state index in [0.717, 1.165) is 30.5 Å². The van der Waals surface area contributed by atoms with E-state index in [1.54, 1.807) is 25.1 Å².